The van der Waals surface area contributed by atoms with Gasteiger partial charge in [-0.05, 0) is 65.4 Å². The van der Waals surface area contributed by atoms with E-state index in [4.69, 9.17) is 23.2 Å². The number of hydrogen-bond acceptors (Lipinski definition) is 3. The molecular formula is C41H29Cl2NO3. The van der Waals surface area contributed by atoms with Crippen LogP contribution in [0.1, 0.15) is 33.4 Å². The van der Waals surface area contributed by atoms with Crippen LogP contribution in [-0.4, -0.2) is 17.6 Å². The topological polar surface area (TPSA) is 54.5 Å². The van der Waals surface area contributed by atoms with Gasteiger partial charge >= 0.3 is 0 Å². The second-order valence-corrected chi connectivity index (χ2v) is 13.6. The van der Waals surface area contributed by atoms with E-state index in [1.54, 1.807) is 18.2 Å². The van der Waals surface area contributed by atoms with Crippen molar-refractivity contribution in [1.82, 2.24) is 0 Å². The van der Waals surface area contributed by atoms with Gasteiger partial charge in [0.2, 0.25) is 11.8 Å². The predicted molar refractivity (Wildman–Crippen MR) is 186 cm³/mol. The van der Waals surface area contributed by atoms with Crippen molar-refractivity contribution in [3.8, 4) is 0 Å². The van der Waals surface area contributed by atoms with Crippen molar-refractivity contribution in [1.29, 1.82) is 0 Å². The van der Waals surface area contributed by atoms with Crippen molar-refractivity contribution in [3.63, 3.8) is 0 Å². The minimum atomic E-state index is -1.48. The number of halogens is 2. The first-order valence-electron chi connectivity index (χ1n) is 15.6. The van der Waals surface area contributed by atoms with Crippen LogP contribution in [0.3, 0.4) is 0 Å². The second-order valence-electron chi connectivity index (χ2n) is 12.7. The van der Waals surface area contributed by atoms with Crippen molar-refractivity contribution < 1.29 is 14.4 Å². The van der Waals surface area contributed by atoms with E-state index in [0.717, 1.165) is 33.4 Å². The fourth-order valence-electron chi connectivity index (χ4n) is 8.46. The number of anilines is 1. The third-order valence-corrected chi connectivity index (χ3v) is 10.8. The average Bonchev–Trinajstić information content (AvgIpc) is 3.59. The van der Waals surface area contributed by atoms with E-state index in [1.165, 1.54) is 4.90 Å². The van der Waals surface area contributed by atoms with Gasteiger partial charge in [0.15, 0.2) is 5.78 Å². The maximum atomic E-state index is 16.0. The number of aryl methyl sites for hydroxylation is 2. The van der Waals surface area contributed by atoms with Crippen LogP contribution in [0.2, 0.25) is 10.0 Å². The summed E-state index contributed by atoms with van der Waals surface area (Å²) in [4.78, 5) is 47.3. The first-order chi connectivity index (χ1) is 22.7. The van der Waals surface area contributed by atoms with Crippen LogP contribution in [-0.2, 0) is 25.2 Å². The van der Waals surface area contributed by atoms with Gasteiger partial charge in [-0.2, -0.15) is 0 Å². The molecule has 0 aromatic heterocycles. The lowest BCUT2D eigenvalue weighted by Gasteiger charge is -2.39. The Morgan fingerprint density at radius 1 is 0.553 bits per heavy atom. The van der Waals surface area contributed by atoms with Crippen molar-refractivity contribution in [2.75, 3.05) is 4.90 Å². The highest BCUT2D eigenvalue weighted by Crippen LogP contribution is 2.74. The van der Waals surface area contributed by atoms with Gasteiger partial charge in [0, 0.05) is 5.02 Å². The van der Waals surface area contributed by atoms with Crippen molar-refractivity contribution in [2.24, 2.45) is 11.8 Å². The van der Waals surface area contributed by atoms with E-state index in [0.29, 0.717) is 16.1 Å². The Morgan fingerprint density at radius 3 is 1.40 bits per heavy atom. The minimum Gasteiger partial charge on any atom is -0.297 e. The van der Waals surface area contributed by atoms with Crippen LogP contribution in [0.4, 0.5) is 5.69 Å². The van der Waals surface area contributed by atoms with Gasteiger partial charge < -0.3 is 0 Å². The molecule has 6 heteroatoms. The molecule has 4 nitrogen and oxygen atoms in total. The average molecular weight is 655 g/mol. The third kappa shape index (κ3) is 3.86. The molecule has 0 unspecified atom stereocenters. The summed E-state index contributed by atoms with van der Waals surface area (Å²) in [5.74, 6) is -3.17. The maximum absolute atomic E-state index is 16.0. The number of carbonyl (C=O) groups is 3. The summed E-state index contributed by atoms with van der Waals surface area (Å²) >= 11 is 13.1. The minimum absolute atomic E-state index is 0.165. The first kappa shape index (κ1) is 29.6. The van der Waals surface area contributed by atoms with Crippen LogP contribution < -0.4 is 4.90 Å². The number of imide groups is 1. The van der Waals surface area contributed by atoms with Gasteiger partial charge in [-0.25, -0.2) is 4.90 Å². The number of hydrogen-bond donors (Lipinski definition) is 0. The molecule has 8 rings (SSSR count). The van der Waals surface area contributed by atoms with Crippen molar-refractivity contribution >= 4 is 57.6 Å². The number of allylic oxidation sites excluding steroid dienone is 2. The van der Waals surface area contributed by atoms with E-state index >= 15 is 14.4 Å². The number of Topliss-reactive ketones (excluding diaryl/α,β-unsaturated/α-hetero) is 1. The molecule has 0 N–H and O–H groups in total. The molecule has 1 aliphatic heterocycles. The third-order valence-electron chi connectivity index (χ3n) is 10.3. The molecule has 230 valence electrons. The summed E-state index contributed by atoms with van der Waals surface area (Å²) in [5.41, 5.74) is 3.91. The number of nitrogens with zero attached hydrogens (tertiary/aromatic N) is 1. The summed E-state index contributed by atoms with van der Waals surface area (Å²) in [6, 6.07) is 39.9. The molecule has 5 aromatic rings. The standard InChI is InChI=1S/C41H29Cl2NO3/c1-24-13-17-26(18-14-24)33-34(27-19-15-25(2)16-20-27)41(29-11-7-4-8-12-29)36-35(40(33,39(41)47)28-9-5-3-6-10-28)37(45)44(38(36)46)32-23-30(42)21-22-31(32)43/h3-23,35-36H,1-2H3/t35-,36-,40+,41+/m0/s1. The number of amides is 2. The lowest BCUT2D eigenvalue weighted by atomic mass is 9.59. The fourth-order valence-corrected chi connectivity index (χ4v) is 8.83. The molecule has 3 aliphatic rings. The number of benzene rings is 5. The fraction of sp³-hybridized carbons (Fsp3) is 0.146. The van der Waals surface area contributed by atoms with Crippen LogP contribution >= 0.6 is 23.2 Å². The highest BCUT2D eigenvalue weighted by Gasteiger charge is 2.82. The number of fused-ring (bicyclic) bond motifs is 5. The molecule has 5 aromatic carbocycles. The summed E-state index contributed by atoms with van der Waals surface area (Å²) in [6.07, 6.45) is 0. The van der Waals surface area contributed by atoms with Crippen molar-refractivity contribution in [3.05, 3.63) is 171 Å². The second kappa shape index (κ2) is 10.6. The molecule has 1 saturated carbocycles. The molecule has 1 heterocycles. The molecule has 2 aliphatic carbocycles. The largest absolute Gasteiger partial charge is 0.297 e. The van der Waals surface area contributed by atoms with Gasteiger partial charge in [-0.15, -0.1) is 0 Å². The summed E-state index contributed by atoms with van der Waals surface area (Å²) in [6.45, 7) is 4.04. The molecule has 2 bridgehead atoms. The van der Waals surface area contributed by atoms with Crippen LogP contribution in [0.5, 0.6) is 0 Å². The monoisotopic (exact) mass is 653 g/mol. The Kier molecular flexibility index (Phi) is 6.70. The van der Waals surface area contributed by atoms with Gasteiger partial charge in [0.25, 0.3) is 0 Å². The summed E-state index contributed by atoms with van der Waals surface area (Å²) in [5, 5.41) is 0.568. The SMILES string of the molecule is Cc1ccc(C2=C(c3ccc(C)cc3)[C@@]3(c4ccccc4)C(=O)[C@@]2(c2ccccc2)[C@@H]2C(=O)N(c4cc(Cl)ccc4Cl)C(=O)[C@H]23)cc1. The Hall–Kier alpha value is -4.77. The van der Waals surface area contributed by atoms with Crippen molar-refractivity contribution in [2.45, 2.75) is 24.7 Å². The Balaban J connectivity index is 1.56. The van der Waals surface area contributed by atoms with Crippen LogP contribution in [0.25, 0.3) is 11.1 Å². The van der Waals surface area contributed by atoms with E-state index in [-0.39, 0.29) is 16.5 Å². The van der Waals surface area contributed by atoms with Gasteiger partial charge in [-0.3, -0.25) is 14.4 Å². The van der Waals surface area contributed by atoms with E-state index in [1.807, 2.05) is 123 Å². The lowest BCUT2D eigenvalue weighted by molar-refractivity contribution is -0.130. The van der Waals surface area contributed by atoms with Gasteiger partial charge in [-0.1, -0.05) is 144 Å². The molecule has 2 amide bonds. The van der Waals surface area contributed by atoms with E-state index in [2.05, 4.69) is 0 Å². The van der Waals surface area contributed by atoms with E-state index < -0.39 is 34.5 Å². The normalized spacial score (nSPS) is 24.8. The van der Waals surface area contributed by atoms with Crippen LogP contribution in [0, 0.1) is 25.7 Å². The van der Waals surface area contributed by atoms with Gasteiger partial charge in [0.1, 0.15) is 0 Å². The predicted octanol–water partition coefficient (Wildman–Crippen LogP) is 8.80. The molecule has 2 fully saturated rings. The van der Waals surface area contributed by atoms with Crippen LogP contribution in [0.15, 0.2) is 127 Å². The first-order valence-corrected chi connectivity index (χ1v) is 16.4. The lowest BCUT2D eigenvalue weighted by Crippen LogP contribution is -2.45. The van der Waals surface area contributed by atoms with E-state index in [9.17, 15) is 0 Å². The summed E-state index contributed by atoms with van der Waals surface area (Å²) < 4.78 is 0. The molecule has 0 spiro atoms. The molecule has 47 heavy (non-hydrogen) atoms. The molecular weight excluding hydrogens is 625 g/mol. The number of carbonyl (C=O) groups excluding carboxylic acids is 3. The number of rotatable bonds is 5. The zero-order valence-electron chi connectivity index (χ0n) is 25.7. The maximum Gasteiger partial charge on any atom is 0.239 e. The zero-order valence-corrected chi connectivity index (χ0v) is 27.2. The zero-order chi connectivity index (χ0) is 32.7. The number of ketones is 1. The molecule has 0 radical (unpaired) electrons. The Labute approximate surface area is 283 Å². The molecule has 1 saturated heterocycles. The summed E-state index contributed by atoms with van der Waals surface area (Å²) in [7, 11) is 0. The highest BCUT2D eigenvalue weighted by atomic mass is 35.5. The Bertz CT molecular complexity index is 2010. The molecule has 4 atom stereocenters. The van der Waals surface area contributed by atoms with Gasteiger partial charge in [0.05, 0.1) is 33.4 Å². The quantitative estimate of drug-likeness (QED) is 0.178. The highest BCUT2D eigenvalue weighted by molar-refractivity contribution is 6.42. The Morgan fingerprint density at radius 2 is 0.979 bits per heavy atom. The smallest absolute Gasteiger partial charge is 0.239 e.